The van der Waals surface area contributed by atoms with Crippen molar-refractivity contribution in [3.05, 3.63) is 76.4 Å². The molecule has 10 heteroatoms. The van der Waals surface area contributed by atoms with Crippen molar-refractivity contribution in [3.8, 4) is 0 Å². The predicted octanol–water partition coefficient (Wildman–Crippen LogP) is 1.82. The standard InChI is InChI=1S/C19H13N3O7/c23-16(20-14-6-1-2-7-15(14)22(27)28)11-29-19(26)12-4-3-5-13(10-12)21-17(24)8-9-18(21)25/h1-10H,11H2,(H,20,23). The molecule has 0 radical (unpaired) electrons. The van der Waals surface area contributed by atoms with Gasteiger partial charge in [-0.05, 0) is 24.3 Å². The fraction of sp³-hybridized carbons (Fsp3) is 0.0526. The van der Waals surface area contributed by atoms with Gasteiger partial charge in [-0.15, -0.1) is 0 Å². The number of ether oxygens (including phenoxy) is 1. The third-order valence-corrected chi connectivity index (χ3v) is 3.86. The number of anilines is 2. The Bertz CT molecular complexity index is 1040. The van der Waals surface area contributed by atoms with E-state index in [1.807, 2.05) is 0 Å². The first-order valence-electron chi connectivity index (χ1n) is 8.23. The number of nitro benzene ring substituents is 1. The lowest BCUT2D eigenvalue weighted by Crippen LogP contribution is -2.29. The molecule has 1 aliphatic rings. The summed E-state index contributed by atoms with van der Waals surface area (Å²) in [6.07, 6.45) is 2.22. The molecule has 3 rings (SSSR count). The molecule has 0 atom stereocenters. The van der Waals surface area contributed by atoms with E-state index in [-0.39, 0.29) is 22.6 Å². The lowest BCUT2D eigenvalue weighted by atomic mass is 10.2. The summed E-state index contributed by atoms with van der Waals surface area (Å²) in [7, 11) is 0. The number of esters is 1. The van der Waals surface area contributed by atoms with Crippen LogP contribution >= 0.6 is 0 Å². The van der Waals surface area contributed by atoms with Crippen molar-refractivity contribution in [2.45, 2.75) is 0 Å². The highest BCUT2D eigenvalue weighted by Gasteiger charge is 2.26. The molecule has 2 aromatic rings. The minimum atomic E-state index is -0.864. The van der Waals surface area contributed by atoms with E-state index in [9.17, 15) is 29.3 Å². The maximum Gasteiger partial charge on any atom is 0.338 e. The topological polar surface area (TPSA) is 136 Å². The Hall–Kier alpha value is -4.34. The van der Waals surface area contributed by atoms with E-state index in [0.29, 0.717) is 0 Å². The Labute approximate surface area is 163 Å². The van der Waals surface area contributed by atoms with E-state index in [1.165, 1.54) is 48.5 Å². The van der Waals surface area contributed by atoms with Crippen molar-refractivity contribution in [2.24, 2.45) is 0 Å². The van der Waals surface area contributed by atoms with Crippen LogP contribution in [0.4, 0.5) is 17.1 Å². The molecule has 1 heterocycles. The lowest BCUT2D eigenvalue weighted by Gasteiger charge is -2.14. The number of nitro groups is 1. The number of hydrogen-bond donors (Lipinski definition) is 1. The number of carbonyl (C=O) groups excluding carboxylic acids is 4. The summed E-state index contributed by atoms with van der Waals surface area (Å²) in [6, 6.07) is 11.1. The van der Waals surface area contributed by atoms with Crippen LogP contribution in [0.5, 0.6) is 0 Å². The van der Waals surface area contributed by atoms with Gasteiger partial charge < -0.3 is 10.1 Å². The number of benzene rings is 2. The van der Waals surface area contributed by atoms with Gasteiger partial charge in [-0.3, -0.25) is 24.5 Å². The van der Waals surface area contributed by atoms with Crippen LogP contribution in [0.3, 0.4) is 0 Å². The van der Waals surface area contributed by atoms with Crippen molar-refractivity contribution in [1.82, 2.24) is 0 Å². The number of amides is 3. The molecule has 0 aromatic heterocycles. The lowest BCUT2D eigenvalue weighted by molar-refractivity contribution is -0.383. The van der Waals surface area contributed by atoms with Crippen molar-refractivity contribution < 1.29 is 28.8 Å². The summed E-state index contributed by atoms with van der Waals surface area (Å²) < 4.78 is 4.91. The first-order chi connectivity index (χ1) is 13.9. The quantitative estimate of drug-likeness (QED) is 0.341. The molecule has 0 saturated heterocycles. The molecule has 0 fully saturated rings. The van der Waals surface area contributed by atoms with Gasteiger partial charge in [0, 0.05) is 18.2 Å². The van der Waals surface area contributed by atoms with Gasteiger partial charge in [-0.2, -0.15) is 0 Å². The van der Waals surface area contributed by atoms with E-state index in [1.54, 1.807) is 0 Å². The van der Waals surface area contributed by atoms with Gasteiger partial charge in [0.15, 0.2) is 6.61 Å². The highest BCUT2D eigenvalue weighted by atomic mass is 16.6. The Morgan fingerprint density at radius 1 is 1.03 bits per heavy atom. The number of nitrogens with zero attached hydrogens (tertiary/aromatic N) is 2. The Kier molecular flexibility index (Phi) is 5.44. The van der Waals surface area contributed by atoms with Gasteiger partial charge in [0.05, 0.1) is 16.2 Å². The summed E-state index contributed by atoms with van der Waals surface area (Å²) in [6.45, 7) is -0.682. The molecule has 10 nitrogen and oxygen atoms in total. The van der Waals surface area contributed by atoms with Gasteiger partial charge in [-0.25, -0.2) is 9.69 Å². The molecule has 1 aliphatic heterocycles. The molecule has 2 aromatic carbocycles. The fourth-order valence-electron chi connectivity index (χ4n) is 2.57. The van der Waals surface area contributed by atoms with Crippen LogP contribution in [0.15, 0.2) is 60.7 Å². The largest absolute Gasteiger partial charge is 0.452 e. The Morgan fingerprint density at radius 2 is 1.72 bits per heavy atom. The average molecular weight is 395 g/mol. The summed E-state index contributed by atoms with van der Waals surface area (Å²) >= 11 is 0. The molecule has 0 saturated carbocycles. The van der Waals surface area contributed by atoms with Crippen LogP contribution in [0.25, 0.3) is 0 Å². The fourth-order valence-corrected chi connectivity index (χ4v) is 2.57. The zero-order valence-corrected chi connectivity index (χ0v) is 14.7. The highest BCUT2D eigenvalue weighted by Crippen LogP contribution is 2.23. The smallest absolute Gasteiger partial charge is 0.338 e. The molecule has 0 spiro atoms. The molecular formula is C19H13N3O7. The third kappa shape index (κ3) is 4.33. The van der Waals surface area contributed by atoms with E-state index >= 15 is 0 Å². The number of hydrogen-bond acceptors (Lipinski definition) is 7. The average Bonchev–Trinajstić information content (AvgIpc) is 3.04. The van der Waals surface area contributed by atoms with Crippen molar-refractivity contribution >= 4 is 40.8 Å². The second kappa shape index (κ2) is 8.13. The van der Waals surface area contributed by atoms with Gasteiger partial charge in [0.1, 0.15) is 5.69 Å². The molecule has 3 amide bonds. The van der Waals surface area contributed by atoms with Crippen molar-refractivity contribution in [2.75, 3.05) is 16.8 Å². The minimum Gasteiger partial charge on any atom is -0.452 e. The molecular weight excluding hydrogens is 382 g/mol. The Balaban J connectivity index is 1.63. The van der Waals surface area contributed by atoms with Crippen LogP contribution in [-0.4, -0.2) is 35.2 Å². The van der Waals surface area contributed by atoms with Crippen LogP contribution in [-0.2, 0) is 19.1 Å². The highest BCUT2D eigenvalue weighted by molar-refractivity contribution is 6.28. The summed E-state index contributed by atoms with van der Waals surface area (Å²) in [5, 5.41) is 13.3. The second-order valence-corrected chi connectivity index (χ2v) is 5.79. The minimum absolute atomic E-state index is 0.0218. The number of nitrogens with one attached hydrogen (secondary N) is 1. The van der Waals surface area contributed by atoms with Gasteiger partial charge in [0.2, 0.25) is 0 Å². The molecule has 0 unspecified atom stereocenters. The van der Waals surface area contributed by atoms with Gasteiger partial charge in [-0.1, -0.05) is 18.2 Å². The van der Waals surface area contributed by atoms with Crippen LogP contribution < -0.4 is 10.2 Å². The number of para-hydroxylation sites is 2. The molecule has 1 N–H and O–H groups in total. The van der Waals surface area contributed by atoms with Crippen LogP contribution in [0.2, 0.25) is 0 Å². The predicted molar refractivity (Wildman–Crippen MR) is 100 cm³/mol. The maximum absolute atomic E-state index is 12.2. The molecule has 29 heavy (non-hydrogen) atoms. The first kappa shape index (κ1) is 19.4. The van der Waals surface area contributed by atoms with Crippen LogP contribution in [0, 0.1) is 10.1 Å². The normalized spacial score (nSPS) is 12.8. The number of rotatable bonds is 6. The van der Waals surface area contributed by atoms with Crippen LogP contribution in [0.1, 0.15) is 10.4 Å². The molecule has 0 aliphatic carbocycles. The monoisotopic (exact) mass is 395 g/mol. The summed E-state index contributed by atoms with van der Waals surface area (Å²) in [4.78, 5) is 58.8. The van der Waals surface area contributed by atoms with E-state index in [0.717, 1.165) is 17.1 Å². The summed E-state index contributed by atoms with van der Waals surface area (Å²) in [5.74, 6) is -2.71. The molecule has 146 valence electrons. The Morgan fingerprint density at radius 3 is 2.41 bits per heavy atom. The number of imide groups is 1. The second-order valence-electron chi connectivity index (χ2n) is 5.79. The van der Waals surface area contributed by atoms with Gasteiger partial charge >= 0.3 is 5.97 Å². The van der Waals surface area contributed by atoms with E-state index < -0.39 is 35.2 Å². The van der Waals surface area contributed by atoms with Crippen molar-refractivity contribution in [1.29, 1.82) is 0 Å². The zero-order chi connectivity index (χ0) is 21.0. The van der Waals surface area contributed by atoms with Crippen molar-refractivity contribution in [3.63, 3.8) is 0 Å². The SMILES string of the molecule is O=C(COC(=O)c1cccc(N2C(=O)C=CC2=O)c1)Nc1ccccc1[N+](=O)[O-]. The number of carbonyl (C=O) groups is 4. The maximum atomic E-state index is 12.2. The first-order valence-corrected chi connectivity index (χ1v) is 8.23. The van der Waals surface area contributed by atoms with E-state index in [4.69, 9.17) is 4.74 Å². The molecule has 0 bridgehead atoms. The van der Waals surface area contributed by atoms with E-state index in [2.05, 4.69) is 5.32 Å². The van der Waals surface area contributed by atoms with Gasteiger partial charge in [0.25, 0.3) is 23.4 Å². The third-order valence-electron chi connectivity index (χ3n) is 3.86. The summed E-state index contributed by atoms with van der Waals surface area (Å²) in [5.41, 5.74) is -0.121. The zero-order valence-electron chi connectivity index (χ0n) is 14.7.